The van der Waals surface area contributed by atoms with Crippen molar-refractivity contribution in [3.8, 4) is 0 Å². The highest BCUT2D eigenvalue weighted by Gasteiger charge is 2.24. The lowest BCUT2D eigenvalue weighted by molar-refractivity contribution is 0.493. The molecule has 10 heavy (non-hydrogen) atoms. The monoisotopic (exact) mass is 186 g/mol. The minimum absolute atomic E-state index is 0.772. The zero-order chi connectivity index (χ0) is 8.41. The van der Waals surface area contributed by atoms with Gasteiger partial charge in [-0.05, 0) is 0 Å². The van der Waals surface area contributed by atoms with Crippen LogP contribution in [0.2, 0.25) is 0 Å². The van der Waals surface area contributed by atoms with Crippen LogP contribution in [0.1, 0.15) is 0 Å². The summed E-state index contributed by atoms with van der Waals surface area (Å²) >= 11 is 0. The van der Waals surface area contributed by atoms with Gasteiger partial charge in [0.25, 0.3) is 8.87 Å². The van der Waals surface area contributed by atoms with Gasteiger partial charge < -0.3 is 0 Å². The molecule has 0 aromatic rings. The van der Waals surface area contributed by atoms with Gasteiger partial charge in [-0.2, -0.15) is 8.42 Å². The van der Waals surface area contributed by atoms with E-state index in [4.69, 9.17) is 4.55 Å². The standard InChI is InChI=1S/C3H6O5S2/c1-2-3-9(4,5)10(6,7)8/h2H,1,3H2,(H,6,7,8). The summed E-state index contributed by atoms with van der Waals surface area (Å²) in [5.74, 6) is -0.772. The maximum atomic E-state index is 10.3. The lowest BCUT2D eigenvalue weighted by atomic mass is 10.8. The van der Waals surface area contributed by atoms with E-state index in [1.807, 2.05) is 0 Å². The number of rotatable bonds is 3. The predicted octanol–water partition coefficient (Wildman–Crippen LogP) is -0.610. The van der Waals surface area contributed by atoms with Gasteiger partial charge in [-0.3, -0.25) is 4.55 Å². The van der Waals surface area contributed by atoms with E-state index in [1.54, 1.807) is 0 Å². The number of hydrogen-bond donors (Lipinski definition) is 1. The summed E-state index contributed by atoms with van der Waals surface area (Å²) in [5.41, 5.74) is 0. The molecule has 0 aliphatic carbocycles. The van der Waals surface area contributed by atoms with Gasteiger partial charge in [0.2, 0.25) is 0 Å². The van der Waals surface area contributed by atoms with Crippen LogP contribution in [0.25, 0.3) is 0 Å². The molecule has 0 aliphatic heterocycles. The van der Waals surface area contributed by atoms with Gasteiger partial charge in [0, 0.05) is 0 Å². The van der Waals surface area contributed by atoms with E-state index in [2.05, 4.69) is 6.58 Å². The molecule has 0 saturated carbocycles. The first-order chi connectivity index (χ1) is 4.31. The van der Waals surface area contributed by atoms with E-state index < -0.39 is 23.8 Å². The molecule has 0 saturated heterocycles. The van der Waals surface area contributed by atoms with Crippen molar-refractivity contribution >= 4 is 18.0 Å². The smallest absolute Gasteiger partial charge is 0.274 e. The summed E-state index contributed by atoms with van der Waals surface area (Å²) < 4.78 is 48.6. The first kappa shape index (κ1) is 9.60. The van der Waals surface area contributed by atoms with E-state index in [0.29, 0.717) is 0 Å². The Hall–Kier alpha value is -0.400. The fraction of sp³-hybridized carbons (Fsp3) is 0.333. The van der Waals surface area contributed by atoms with E-state index in [-0.39, 0.29) is 0 Å². The Kier molecular flexibility index (Phi) is 2.58. The quantitative estimate of drug-likeness (QED) is 0.361. The molecule has 0 aliphatic rings. The molecular weight excluding hydrogens is 180 g/mol. The second kappa shape index (κ2) is 2.69. The fourth-order valence-electron chi connectivity index (χ4n) is 0.230. The zero-order valence-corrected chi connectivity index (χ0v) is 6.52. The molecule has 0 spiro atoms. The normalized spacial score (nSPS) is 12.9. The molecule has 0 rings (SSSR count). The lowest BCUT2D eigenvalue weighted by Crippen LogP contribution is -2.16. The first-order valence-corrected chi connectivity index (χ1v) is 5.73. The molecule has 0 bridgehead atoms. The molecule has 0 aromatic carbocycles. The van der Waals surface area contributed by atoms with Crippen molar-refractivity contribution in [2.75, 3.05) is 5.75 Å². The molecular formula is C3H6O5S2. The topological polar surface area (TPSA) is 88.5 Å². The summed E-state index contributed by atoms with van der Waals surface area (Å²) in [7, 11) is -9.40. The first-order valence-electron chi connectivity index (χ1n) is 2.12. The summed E-state index contributed by atoms with van der Waals surface area (Å²) in [5, 5.41) is 0. The molecule has 0 fully saturated rings. The minimum Gasteiger partial charge on any atom is -0.274 e. The van der Waals surface area contributed by atoms with Crippen LogP contribution in [0, 0.1) is 0 Å². The van der Waals surface area contributed by atoms with Crippen LogP contribution in [0.4, 0.5) is 0 Å². The third-order valence-corrected chi connectivity index (χ3v) is 4.26. The summed E-state index contributed by atoms with van der Waals surface area (Å²) in [4.78, 5) is 0. The van der Waals surface area contributed by atoms with Gasteiger partial charge in [0.1, 0.15) is 0 Å². The predicted molar refractivity (Wildman–Crippen MR) is 35.5 cm³/mol. The molecule has 60 valence electrons. The van der Waals surface area contributed by atoms with Crippen LogP contribution in [0.5, 0.6) is 0 Å². The van der Waals surface area contributed by atoms with E-state index >= 15 is 0 Å². The Balaban J connectivity index is 4.98. The molecule has 0 aromatic heterocycles. The molecule has 7 heteroatoms. The largest absolute Gasteiger partial charge is 0.373 e. The van der Waals surface area contributed by atoms with Gasteiger partial charge in [0.15, 0.2) is 0 Å². The second-order valence-electron chi connectivity index (χ2n) is 1.44. The van der Waals surface area contributed by atoms with Crippen molar-refractivity contribution in [2.45, 2.75) is 0 Å². The van der Waals surface area contributed by atoms with Crippen LogP contribution >= 0.6 is 0 Å². The highest BCUT2D eigenvalue weighted by Crippen LogP contribution is 1.98. The molecule has 0 amide bonds. The van der Waals surface area contributed by atoms with Crippen molar-refractivity contribution in [2.24, 2.45) is 0 Å². The molecule has 0 atom stereocenters. The average molecular weight is 186 g/mol. The minimum atomic E-state index is -4.96. The van der Waals surface area contributed by atoms with Crippen molar-refractivity contribution in [1.82, 2.24) is 0 Å². The Morgan fingerprint density at radius 2 is 1.70 bits per heavy atom. The molecule has 1 N–H and O–H groups in total. The average Bonchev–Trinajstić information content (AvgIpc) is 1.61. The zero-order valence-electron chi connectivity index (χ0n) is 4.89. The SMILES string of the molecule is C=CCS(=O)(=O)S(=O)(=O)O. The van der Waals surface area contributed by atoms with Crippen LogP contribution in [0.3, 0.4) is 0 Å². The maximum absolute atomic E-state index is 10.3. The van der Waals surface area contributed by atoms with Crippen LogP contribution in [-0.4, -0.2) is 27.1 Å². The summed E-state index contributed by atoms with van der Waals surface area (Å²) in [6.45, 7) is 3.00. The highest BCUT2D eigenvalue weighted by molar-refractivity contribution is 8.65. The van der Waals surface area contributed by atoms with Crippen LogP contribution in [-0.2, 0) is 18.0 Å². The van der Waals surface area contributed by atoms with Crippen molar-refractivity contribution in [3.63, 3.8) is 0 Å². The second-order valence-corrected chi connectivity index (χ2v) is 6.53. The number of hydrogen-bond acceptors (Lipinski definition) is 4. The van der Waals surface area contributed by atoms with E-state index in [9.17, 15) is 16.8 Å². The fourth-order valence-corrected chi connectivity index (χ4v) is 1.50. The van der Waals surface area contributed by atoms with Crippen molar-refractivity contribution in [1.29, 1.82) is 0 Å². The van der Waals surface area contributed by atoms with Crippen molar-refractivity contribution in [3.05, 3.63) is 12.7 Å². The Labute approximate surface area is 58.4 Å². The Morgan fingerprint density at radius 3 is 1.80 bits per heavy atom. The van der Waals surface area contributed by atoms with Crippen molar-refractivity contribution < 1.29 is 21.4 Å². The van der Waals surface area contributed by atoms with Gasteiger partial charge in [-0.1, -0.05) is 6.08 Å². The van der Waals surface area contributed by atoms with Gasteiger partial charge in [-0.15, -0.1) is 6.58 Å². The van der Waals surface area contributed by atoms with E-state index in [0.717, 1.165) is 6.08 Å². The van der Waals surface area contributed by atoms with E-state index in [1.165, 1.54) is 0 Å². The maximum Gasteiger partial charge on any atom is 0.373 e. The van der Waals surface area contributed by atoms with Gasteiger partial charge in [-0.25, -0.2) is 8.42 Å². The molecule has 0 radical (unpaired) electrons. The van der Waals surface area contributed by atoms with Gasteiger partial charge >= 0.3 is 9.15 Å². The summed E-state index contributed by atoms with van der Waals surface area (Å²) in [6.07, 6.45) is 0.878. The summed E-state index contributed by atoms with van der Waals surface area (Å²) in [6, 6.07) is 0. The van der Waals surface area contributed by atoms with Gasteiger partial charge in [0.05, 0.1) is 5.75 Å². The Morgan fingerprint density at radius 1 is 1.30 bits per heavy atom. The third kappa shape index (κ3) is 2.09. The lowest BCUT2D eigenvalue weighted by Gasteiger charge is -1.92. The third-order valence-electron chi connectivity index (χ3n) is 0.643. The highest BCUT2D eigenvalue weighted by atomic mass is 33.2. The van der Waals surface area contributed by atoms with Crippen LogP contribution < -0.4 is 0 Å². The van der Waals surface area contributed by atoms with Crippen LogP contribution in [0.15, 0.2) is 12.7 Å². The molecule has 0 unspecified atom stereocenters. The molecule has 0 heterocycles. The molecule has 5 nitrogen and oxygen atoms in total. The Bertz CT molecular complexity index is 307.